The van der Waals surface area contributed by atoms with E-state index >= 15 is 0 Å². The number of benzene rings is 1. The lowest BCUT2D eigenvalue weighted by Gasteiger charge is -2.42. The van der Waals surface area contributed by atoms with Gasteiger partial charge in [0, 0.05) is 12.7 Å². The van der Waals surface area contributed by atoms with E-state index in [0.717, 1.165) is 5.56 Å². The molecule has 2 aliphatic heterocycles. The number of methoxy groups -OCH3 is 1. The molecule has 6 nitrogen and oxygen atoms in total. The molecule has 0 bridgehead atoms. The summed E-state index contributed by atoms with van der Waals surface area (Å²) in [5.41, 5.74) is 0.821. The van der Waals surface area contributed by atoms with Crippen LogP contribution >= 0.6 is 0 Å². The van der Waals surface area contributed by atoms with E-state index in [1.165, 1.54) is 7.11 Å². The van der Waals surface area contributed by atoms with Crippen molar-refractivity contribution in [1.29, 1.82) is 0 Å². The largest absolute Gasteiger partial charge is 0.380 e. The van der Waals surface area contributed by atoms with Gasteiger partial charge in [0.15, 0.2) is 30.6 Å². The first-order valence-corrected chi connectivity index (χ1v) is 6.43. The molecule has 108 valence electrons. The number of aliphatic hydroxyl groups excluding tert-OH is 1. The van der Waals surface area contributed by atoms with Gasteiger partial charge in [0.05, 0.1) is 6.61 Å². The third-order valence-corrected chi connectivity index (χ3v) is 3.46. The lowest BCUT2D eigenvalue weighted by Crippen LogP contribution is -2.59. The van der Waals surface area contributed by atoms with Gasteiger partial charge in [0.25, 0.3) is 0 Å². The van der Waals surface area contributed by atoms with E-state index in [0.29, 0.717) is 0 Å². The fourth-order valence-corrected chi connectivity index (χ4v) is 2.41. The van der Waals surface area contributed by atoms with Crippen molar-refractivity contribution >= 4 is 5.78 Å². The van der Waals surface area contributed by atoms with Crippen molar-refractivity contribution in [3.8, 4) is 0 Å². The molecule has 1 aromatic rings. The summed E-state index contributed by atoms with van der Waals surface area (Å²) in [6.07, 6.45) is -4.33. The van der Waals surface area contributed by atoms with Crippen LogP contribution in [0.15, 0.2) is 30.3 Å². The van der Waals surface area contributed by atoms with Gasteiger partial charge in [-0.25, -0.2) is 0 Å². The van der Waals surface area contributed by atoms with Crippen molar-refractivity contribution in [2.24, 2.45) is 0 Å². The molecule has 0 spiro atoms. The third-order valence-electron chi connectivity index (χ3n) is 3.46. The lowest BCUT2D eigenvalue weighted by molar-refractivity contribution is -0.313. The van der Waals surface area contributed by atoms with Crippen LogP contribution in [0.2, 0.25) is 0 Å². The fraction of sp³-hybridized carbons (Fsp3) is 0.500. The first kappa shape index (κ1) is 13.7. The van der Waals surface area contributed by atoms with Crippen molar-refractivity contribution in [3.05, 3.63) is 35.9 Å². The maximum absolute atomic E-state index is 12.1. The van der Waals surface area contributed by atoms with Gasteiger partial charge in [0.1, 0.15) is 6.10 Å². The number of carbonyl (C=O) groups excluding carboxylic acids is 1. The predicted octanol–water partition coefficient (Wildman–Crippen LogP) is 0.402. The molecule has 1 N–H and O–H groups in total. The van der Waals surface area contributed by atoms with Crippen molar-refractivity contribution in [3.63, 3.8) is 0 Å². The summed E-state index contributed by atoms with van der Waals surface area (Å²) >= 11 is 0. The second kappa shape index (κ2) is 5.59. The van der Waals surface area contributed by atoms with E-state index in [1.54, 1.807) is 0 Å². The minimum Gasteiger partial charge on any atom is -0.380 e. The average Bonchev–Trinajstić information content (AvgIpc) is 2.51. The second-order valence-electron chi connectivity index (χ2n) is 4.76. The monoisotopic (exact) mass is 280 g/mol. The second-order valence-corrected chi connectivity index (χ2v) is 4.76. The van der Waals surface area contributed by atoms with Crippen LogP contribution in [0.4, 0.5) is 0 Å². The Labute approximate surface area is 116 Å². The van der Waals surface area contributed by atoms with E-state index in [2.05, 4.69) is 0 Å². The number of hydrogen-bond acceptors (Lipinski definition) is 6. The fourth-order valence-electron chi connectivity index (χ4n) is 2.41. The van der Waals surface area contributed by atoms with Crippen LogP contribution in [-0.2, 0) is 23.7 Å². The van der Waals surface area contributed by atoms with E-state index in [-0.39, 0.29) is 6.61 Å². The topological polar surface area (TPSA) is 74.2 Å². The summed E-state index contributed by atoms with van der Waals surface area (Å²) in [7, 11) is 1.37. The Kier molecular flexibility index (Phi) is 3.82. The van der Waals surface area contributed by atoms with Gasteiger partial charge in [-0.15, -0.1) is 0 Å². The Hall–Kier alpha value is -1.31. The van der Waals surface area contributed by atoms with Crippen LogP contribution in [0.25, 0.3) is 0 Å². The highest BCUT2D eigenvalue weighted by Crippen LogP contribution is 2.32. The molecule has 5 atom stereocenters. The maximum atomic E-state index is 12.1. The highest BCUT2D eigenvalue weighted by atomic mass is 16.7. The van der Waals surface area contributed by atoms with Crippen molar-refractivity contribution in [2.45, 2.75) is 30.9 Å². The Morgan fingerprint density at radius 2 is 2.00 bits per heavy atom. The Bertz CT molecular complexity index is 476. The number of Topliss-reactive ketones (excluding diaryl/α,β-unsaturated/α-hetero) is 1. The Morgan fingerprint density at radius 1 is 1.25 bits per heavy atom. The normalized spacial score (nSPS) is 37.5. The van der Waals surface area contributed by atoms with Crippen molar-refractivity contribution in [1.82, 2.24) is 0 Å². The Balaban J connectivity index is 1.76. The summed E-state index contributed by atoms with van der Waals surface area (Å²) < 4.78 is 21.6. The molecule has 0 aromatic heterocycles. The molecule has 2 heterocycles. The molecule has 3 rings (SSSR count). The average molecular weight is 280 g/mol. The van der Waals surface area contributed by atoms with Gasteiger partial charge in [-0.1, -0.05) is 30.3 Å². The maximum Gasteiger partial charge on any atom is 0.198 e. The molecular weight excluding hydrogens is 264 g/mol. The van der Waals surface area contributed by atoms with Gasteiger partial charge >= 0.3 is 0 Å². The highest BCUT2D eigenvalue weighted by molar-refractivity contribution is 5.89. The number of aliphatic hydroxyl groups is 1. The molecule has 0 saturated carbocycles. The SMILES string of the molecule is CO[C@@H]1O[C@@H]2CO[C@@H](c3ccccc3)O[C@H]2C(=O)[C@H]1O. The van der Waals surface area contributed by atoms with E-state index < -0.39 is 36.7 Å². The number of rotatable bonds is 2. The summed E-state index contributed by atoms with van der Waals surface area (Å²) in [5, 5.41) is 9.81. The predicted molar refractivity (Wildman–Crippen MR) is 66.7 cm³/mol. The molecule has 6 heteroatoms. The van der Waals surface area contributed by atoms with E-state index in [4.69, 9.17) is 18.9 Å². The number of hydrogen-bond donors (Lipinski definition) is 1. The van der Waals surface area contributed by atoms with Gasteiger partial charge < -0.3 is 24.1 Å². The van der Waals surface area contributed by atoms with Crippen LogP contribution in [0.3, 0.4) is 0 Å². The standard InChI is InChI=1S/C14H16O6/c1-17-14-11(16)10(15)12-9(19-14)7-18-13(20-12)8-5-3-2-4-6-8/h2-6,9,11-14,16H,7H2,1H3/t9-,11-,12-,13-,14-/m1/s1. The number of carbonyl (C=O) groups is 1. The Morgan fingerprint density at radius 3 is 2.70 bits per heavy atom. The molecule has 0 aliphatic carbocycles. The molecule has 2 aliphatic rings. The number of ketones is 1. The molecule has 0 radical (unpaired) electrons. The molecule has 1 aromatic carbocycles. The zero-order valence-corrected chi connectivity index (χ0v) is 11.0. The minimum atomic E-state index is -1.34. The van der Waals surface area contributed by atoms with Crippen LogP contribution in [0, 0.1) is 0 Å². The zero-order chi connectivity index (χ0) is 14.1. The number of ether oxygens (including phenoxy) is 4. The summed E-state index contributed by atoms with van der Waals surface area (Å²) in [6, 6.07) is 9.32. The van der Waals surface area contributed by atoms with E-state index in [9.17, 15) is 9.90 Å². The van der Waals surface area contributed by atoms with Gasteiger partial charge in [-0.2, -0.15) is 0 Å². The van der Waals surface area contributed by atoms with Crippen molar-refractivity contribution in [2.75, 3.05) is 13.7 Å². The van der Waals surface area contributed by atoms with Crippen LogP contribution in [0.5, 0.6) is 0 Å². The van der Waals surface area contributed by atoms with Gasteiger partial charge in [-0.3, -0.25) is 4.79 Å². The molecule has 2 fully saturated rings. The molecule has 0 unspecified atom stereocenters. The smallest absolute Gasteiger partial charge is 0.198 e. The third kappa shape index (κ3) is 2.36. The van der Waals surface area contributed by atoms with Gasteiger partial charge in [-0.05, 0) is 0 Å². The minimum absolute atomic E-state index is 0.211. The zero-order valence-electron chi connectivity index (χ0n) is 11.0. The van der Waals surface area contributed by atoms with Gasteiger partial charge in [0.2, 0.25) is 0 Å². The van der Waals surface area contributed by atoms with E-state index in [1.807, 2.05) is 30.3 Å². The molecular formula is C14H16O6. The summed E-state index contributed by atoms with van der Waals surface area (Å²) in [6.45, 7) is 0.211. The first-order valence-electron chi connectivity index (χ1n) is 6.43. The summed E-state index contributed by atoms with van der Waals surface area (Å²) in [5.74, 6) is -0.433. The number of fused-ring (bicyclic) bond motifs is 1. The van der Waals surface area contributed by atoms with Crippen LogP contribution in [0.1, 0.15) is 11.9 Å². The first-order chi connectivity index (χ1) is 9.70. The quantitative estimate of drug-likeness (QED) is 0.845. The molecule has 0 amide bonds. The lowest BCUT2D eigenvalue weighted by atomic mass is 10.00. The van der Waals surface area contributed by atoms with Crippen LogP contribution < -0.4 is 0 Å². The molecule has 20 heavy (non-hydrogen) atoms. The van der Waals surface area contributed by atoms with Crippen LogP contribution in [-0.4, -0.2) is 49.2 Å². The summed E-state index contributed by atoms with van der Waals surface area (Å²) in [4.78, 5) is 12.1. The highest BCUT2D eigenvalue weighted by Gasteiger charge is 2.48. The van der Waals surface area contributed by atoms with Crippen molar-refractivity contribution < 1.29 is 28.8 Å². The molecule has 2 saturated heterocycles.